The van der Waals surface area contributed by atoms with Crippen LogP contribution in [0.25, 0.3) is 0 Å². The minimum Gasteiger partial charge on any atom is -0.497 e. The van der Waals surface area contributed by atoms with Gasteiger partial charge in [0.1, 0.15) is 17.3 Å². The number of rotatable bonds is 4. The SMILES string of the molecule is COc1ccc(OC)c(NC(=O)N[C@@H]2CCSc3ccc(F)cc32)c1. The number of urea groups is 1. The highest BCUT2D eigenvalue weighted by Crippen LogP contribution is 2.36. The van der Waals surface area contributed by atoms with Gasteiger partial charge in [0.15, 0.2) is 0 Å². The molecule has 0 fully saturated rings. The molecule has 2 aromatic carbocycles. The lowest BCUT2D eigenvalue weighted by Gasteiger charge is -2.26. The Morgan fingerprint density at radius 1 is 1.20 bits per heavy atom. The fourth-order valence-corrected chi connectivity index (χ4v) is 3.85. The molecule has 3 rings (SSSR count). The van der Waals surface area contributed by atoms with Crippen molar-refractivity contribution in [3.63, 3.8) is 0 Å². The number of ether oxygens (including phenoxy) is 2. The van der Waals surface area contributed by atoms with Crippen molar-refractivity contribution < 1.29 is 18.7 Å². The van der Waals surface area contributed by atoms with E-state index in [1.807, 2.05) is 0 Å². The van der Waals surface area contributed by atoms with E-state index >= 15 is 0 Å². The van der Waals surface area contributed by atoms with Gasteiger partial charge in [-0.05, 0) is 42.3 Å². The van der Waals surface area contributed by atoms with E-state index in [1.165, 1.54) is 19.2 Å². The molecule has 0 radical (unpaired) electrons. The second-order valence-corrected chi connectivity index (χ2v) is 6.67. The van der Waals surface area contributed by atoms with Crippen LogP contribution in [0.15, 0.2) is 41.3 Å². The fourth-order valence-electron chi connectivity index (χ4n) is 2.74. The Hall–Kier alpha value is -2.41. The minimum absolute atomic E-state index is 0.233. The summed E-state index contributed by atoms with van der Waals surface area (Å²) in [7, 11) is 3.08. The van der Waals surface area contributed by atoms with Crippen LogP contribution in [-0.2, 0) is 0 Å². The van der Waals surface area contributed by atoms with E-state index in [1.54, 1.807) is 43.1 Å². The number of methoxy groups -OCH3 is 2. The Labute approximate surface area is 149 Å². The van der Waals surface area contributed by atoms with Gasteiger partial charge in [-0.15, -0.1) is 11.8 Å². The summed E-state index contributed by atoms with van der Waals surface area (Å²) in [5.74, 6) is 1.70. The van der Waals surface area contributed by atoms with E-state index in [9.17, 15) is 9.18 Å². The minimum atomic E-state index is -0.376. The standard InChI is InChI=1S/C18H19FN2O3S/c1-23-12-4-5-16(24-2)15(10-12)21-18(22)20-14-7-8-25-17-6-3-11(19)9-13(14)17/h3-6,9-10,14H,7-8H2,1-2H3,(H2,20,21,22)/t14-/m1/s1. The molecule has 2 N–H and O–H groups in total. The number of amides is 2. The van der Waals surface area contributed by atoms with Crippen molar-refractivity contribution in [3.05, 3.63) is 47.8 Å². The summed E-state index contributed by atoms with van der Waals surface area (Å²) >= 11 is 1.67. The number of benzene rings is 2. The number of carbonyl (C=O) groups excluding carboxylic acids is 1. The van der Waals surface area contributed by atoms with Crippen LogP contribution in [-0.4, -0.2) is 26.0 Å². The van der Waals surface area contributed by atoms with Crippen LogP contribution in [0.2, 0.25) is 0 Å². The van der Waals surface area contributed by atoms with E-state index in [4.69, 9.17) is 9.47 Å². The molecule has 25 heavy (non-hydrogen) atoms. The summed E-state index contributed by atoms with van der Waals surface area (Å²) in [6.07, 6.45) is 0.740. The van der Waals surface area contributed by atoms with Gasteiger partial charge in [-0.2, -0.15) is 0 Å². The summed E-state index contributed by atoms with van der Waals surface area (Å²) in [5, 5.41) is 5.69. The van der Waals surface area contributed by atoms with Crippen LogP contribution < -0.4 is 20.1 Å². The first kappa shape index (κ1) is 17.4. The Morgan fingerprint density at radius 3 is 2.80 bits per heavy atom. The van der Waals surface area contributed by atoms with Gasteiger partial charge in [-0.3, -0.25) is 0 Å². The zero-order valence-corrected chi connectivity index (χ0v) is 14.8. The third-order valence-electron chi connectivity index (χ3n) is 3.97. The van der Waals surface area contributed by atoms with Crippen LogP contribution in [0, 0.1) is 5.82 Å². The molecular weight excluding hydrogens is 343 g/mol. The molecule has 7 heteroatoms. The lowest BCUT2D eigenvalue weighted by atomic mass is 10.0. The summed E-state index contributed by atoms with van der Waals surface area (Å²) in [4.78, 5) is 13.4. The molecule has 132 valence electrons. The number of hydrogen-bond acceptors (Lipinski definition) is 4. The van der Waals surface area contributed by atoms with Gasteiger partial charge in [-0.1, -0.05) is 0 Å². The van der Waals surface area contributed by atoms with E-state index in [0.717, 1.165) is 22.6 Å². The van der Waals surface area contributed by atoms with Crippen LogP contribution in [0.1, 0.15) is 18.0 Å². The first-order valence-electron chi connectivity index (χ1n) is 7.82. The van der Waals surface area contributed by atoms with Crippen molar-refractivity contribution in [3.8, 4) is 11.5 Å². The van der Waals surface area contributed by atoms with Crippen LogP contribution in [0.4, 0.5) is 14.9 Å². The molecule has 1 heterocycles. The largest absolute Gasteiger partial charge is 0.497 e. The van der Waals surface area contributed by atoms with Gasteiger partial charge in [-0.25, -0.2) is 9.18 Å². The highest BCUT2D eigenvalue weighted by molar-refractivity contribution is 7.99. The number of fused-ring (bicyclic) bond motifs is 1. The maximum atomic E-state index is 13.6. The molecule has 1 aliphatic heterocycles. The molecule has 5 nitrogen and oxygen atoms in total. The van der Waals surface area contributed by atoms with Crippen molar-refractivity contribution in [1.82, 2.24) is 5.32 Å². The Balaban J connectivity index is 1.75. The zero-order valence-electron chi connectivity index (χ0n) is 14.0. The molecule has 1 aliphatic rings. The first-order chi connectivity index (χ1) is 12.1. The molecule has 0 aromatic heterocycles. The maximum Gasteiger partial charge on any atom is 0.319 e. The second-order valence-electron chi connectivity index (χ2n) is 5.54. The molecule has 0 unspecified atom stereocenters. The van der Waals surface area contributed by atoms with Crippen molar-refractivity contribution in [1.29, 1.82) is 0 Å². The maximum absolute atomic E-state index is 13.6. The number of carbonyl (C=O) groups is 1. The van der Waals surface area contributed by atoms with Crippen molar-refractivity contribution in [2.45, 2.75) is 17.4 Å². The molecule has 1 atom stereocenters. The Kier molecular flexibility index (Phi) is 5.33. The smallest absolute Gasteiger partial charge is 0.319 e. The van der Waals surface area contributed by atoms with Gasteiger partial charge >= 0.3 is 6.03 Å². The van der Waals surface area contributed by atoms with E-state index in [0.29, 0.717) is 17.2 Å². The number of halogens is 1. The first-order valence-corrected chi connectivity index (χ1v) is 8.81. The molecule has 0 aliphatic carbocycles. The van der Waals surface area contributed by atoms with Crippen LogP contribution in [0.3, 0.4) is 0 Å². The Morgan fingerprint density at radius 2 is 2.04 bits per heavy atom. The number of anilines is 1. The highest BCUT2D eigenvalue weighted by Gasteiger charge is 2.23. The summed E-state index contributed by atoms with van der Waals surface area (Å²) in [5.41, 5.74) is 1.31. The molecule has 0 saturated carbocycles. The fraction of sp³-hybridized carbons (Fsp3) is 0.278. The second kappa shape index (κ2) is 7.65. The van der Waals surface area contributed by atoms with Gasteiger partial charge in [0.25, 0.3) is 0 Å². The number of nitrogens with one attached hydrogen (secondary N) is 2. The predicted molar refractivity (Wildman–Crippen MR) is 96.2 cm³/mol. The third-order valence-corrected chi connectivity index (χ3v) is 5.09. The van der Waals surface area contributed by atoms with Gasteiger partial charge in [0.05, 0.1) is 25.9 Å². The van der Waals surface area contributed by atoms with Crippen molar-refractivity contribution in [2.75, 3.05) is 25.3 Å². The van der Waals surface area contributed by atoms with Gasteiger partial charge in [0, 0.05) is 16.7 Å². The van der Waals surface area contributed by atoms with E-state index in [2.05, 4.69) is 10.6 Å². The van der Waals surface area contributed by atoms with Gasteiger partial charge < -0.3 is 20.1 Å². The van der Waals surface area contributed by atoms with Crippen molar-refractivity contribution >= 4 is 23.5 Å². The number of hydrogen-bond donors (Lipinski definition) is 2. The van der Waals surface area contributed by atoms with Crippen molar-refractivity contribution in [2.24, 2.45) is 0 Å². The lowest BCUT2D eigenvalue weighted by molar-refractivity contribution is 0.248. The monoisotopic (exact) mass is 362 g/mol. The lowest BCUT2D eigenvalue weighted by Crippen LogP contribution is -2.34. The molecule has 2 aromatic rings. The quantitative estimate of drug-likeness (QED) is 0.856. The summed E-state index contributed by atoms with van der Waals surface area (Å²) < 4.78 is 24.0. The highest BCUT2D eigenvalue weighted by atomic mass is 32.2. The topological polar surface area (TPSA) is 59.6 Å². The average molecular weight is 362 g/mol. The number of thioether (sulfide) groups is 1. The summed E-state index contributed by atoms with van der Waals surface area (Å²) in [6, 6.07) is 9.22. The zero-order chi connectivity index (χ0) is 17.8. The third kappa shape index (κ3) is 3.99. The molecular formula is C18H19FN2O3S. The summed E-state index contributed by atoms with van der Waals surface area (Å²) in [6.45, 7) is 0. The molecule has 0 spiro atoms. The Bertz CT molecular complexity index is 785. The van der Waals surface area contributed by atoms with E-state index in [-0.39, 0.29) is 17.9 Å². The molecule has 0 bridgehead atoms. The molecule has 2 amide bonds. The normalized spacial score (nSPS) is 15.9. The van der Waals surface area contributed by atoms with Gasteiger partial charge in [0.2, 0.25) is 0 Å². The van der Waals surface area contributed by atoms with Crippen LogP contribution in [0.5, 0.6) is 11.5 Å². The van der Waals surface area contributed by atoms with Crippen LogP contribution >= 0.6 is 11.8 Å². The predicted octanol–water partition coefficient (Wildman–Crippen LogP) is 4.20. The van der Waals surface area contributed by atoms with E-state index < -0.39 is 0 Å². The average Bonchev–Trinajstić information content (AvgIpc) is 2.62. The molecule has 0 saturated heterocycles.